The summed E-state index contributed by atoms with van der Waals surface area (Å²) in [6.45, 7) is 0.319. The van der Waals surface area contributed by atoms with E-state index in [0.717, 1.165) is 5.56 Å². The van der Waals surface area contributed by atoms with Crippen molar-refractivity contribution in [3.63, 3.8) is 0 Å². The second kappa shape index (κ2) is 8.80. The molecule has 31 heavy (non-hydrogen) atoms. The largest absolute Gasteiger partial charge is 0.334 e. The summed E-state index contributed by atoms with van der Waals surface area (Å²) >= 11 is 0. The molecular formula is C22H19N5O3S. The summed E-state index contributed by atoms with van der Waals surface area (Å²) in [6.07, 6.45) is 6.56. The predicted molar refractivity (Wildman–Crippen MR) is 116 cm³/mol. The highest BCUT2D eigenvalue weighted by atomic mass is 32.2. The Morgan fingerprint density at radius 2 is 1.77 bits per heavy atom. The lowest BCUT2D eigenvalue weighted by atomic mass is 10.1. The van der Waals surface area contributed by atoms with Gasteiger partial charge in [-0.3, -0.25) is 10.1 Å². The first-order chi connectivity index (χ1) is 15.0. The number of nitrogens with one attached hydrogen (secondary N) is 3. The van der Waals surface area contributed by atoms with Crippen LogP contribution in [0.1, 0.15) is 5.56 Å². The van der Waals surface area contributed by atoms with Gasteiger partial charge < -0.3 is 10.6 Å². The molecule has 4 aromatic rings. The van der Waals surface area contributed by atoms with Gasteiger partial charge in [0.25, 0.3) is 0 Å². The van der Waals surface area contributed by atoms with E-state index in [-0.39, 0.29) is 9.79 Å². The standard InChI is InChI=1S/C22H19N5O3S/c28-22(24-12-16-13-25-26-14-16)27-18-7-9-19(10-8-18)31(29,30)21-6-2-1-5-20(21)17-4-3-11-23-15-17/h1-11,13-15H,12H2,(H,25,26)(H2,24,27,28). The molecule has 0 saturated carbocycles. The third-order valence-electron chi connectivity index (χ3n) is 4.58. The third-order valence-corrected chi connectivity index (χ3v) is 6.41. The first kappa shape index (κ1) is 20.3. The van der Waals surface area contributed by atoms with Crippen LogP contribution in [0.2, 0.25) is 0 Å². The van der Waals surface area contributed by atoms with Crippen LogP contribution in [0.3, 0.4) is 0 Å². The Morgan fingerprint density at radius 1 is 0.968 bits per heavy atom. The van der Waals surface area contributed by atoms with E-state index in [0.29, 0.717) is 23.4 Å². The minimum absolute atomic E-state index is 0.133. The monoisotopic (exact) mass is 433 g/mol. The van der Waals surface area contributed by atoms with Crippen LogP contribution >= 0.6 is 0 Å². The summed E-state index contributed by atoms with van der Waals surface area (Å²) in [6, 6.07) is 16.0. The zero-order chi connectivity index (χ0) is 21.7. The number of aromatic nitrogens is 3. The maximum atomic E-state index is 13.3. The molecule has 8 nitrogen and oxygen atoms in total. The number of hydrogen-bond acceptors (Lipinski definition) is 5. The average molecular weight is 433 g/mol. The van der Waals surface area contributed by atoms with Gasteiger partial charge in [-0.15, -0.1) is 0 Å². The van der Waals surface area contributed by atoms with E-state index >= 15 is 0 Å². The second-order valence-corrected chi connectivity index (χ2v) is 8.60. The number of anilines is 1. The van der Waals surface area contributed by atoms with Gasteiger partial charge in [0.05, 0.1) is 16.0 Å². The fraction of sp³-hybridized carbons (Fsp3) is 0.0455. The Bertz CT molecular complexity index is 1270. The summed E-state index contributed by atoms with van der Waals surface area (Å²) in [5.74, 6) is 0. The van der Waals surface area contributed by atoms with Gasteiger partial charge in [-0.25, -0.2) is 13.2 Å². The quantitative estimate of drug-likeness (QED) is 0.429. The molecule has 0 saturated heterocycles. The fourth-order valence-electron chi connectivity index (χ4n) is 3.04. The van der Waals surface area contributed by atoms with E-state index in [4.69, 9.17) is 0 Å². The van der Waals surface area contributed by atoms with Crippen LogP contribution in [0.15, 0.2) is 95.2 Å². The summed E-state index contributed by atoms with van der Waals surface area (Å²) < 4.78 is 26.5. The molecule has 0 fully saturated rings. The molecule has 4 rings (SSSR count). The number of sulfone groups is 1. The van der Waals surface area contributed by atoms with Gasteiger partial charge in [0.1, 0.15) is 0 Å². The van der Waals surface area contributed by atoms with Crippen LogP contribution in [0.25, 0.3) is 11.1 Å². The van der Waals surface area contributed by atoms with Crippen LogP contribution in [0.4, 0.5) is 10.5 Å². The van der Waals surface area contributed by atoms with Crippen LogP contribution in [0.5, 0.6) is 0 Å². The molecule has 3 N–H and O–H groups in total. The van der Waals surface area contributed by atoms with Gasteiger partial charge in [0, 0.05) is 47.5 Å². The topological polar surface area (TPSA) is 117 Å². The molecular weight excluding hydrogens is 414 g/mol. The minimum Gasteiger partial charge on any atom is -0.334 e. The fourth-order valence-corrected chi connectivity index (χ4v) is 4.52. The number of aromatic amines is 1. The molecule has 0 unspecified atom stereocenters. The minimum atomic E-state index is -3.77. The Kier molecular flexibility index (Phi) is 5.76. The highest BCUT2D eigenvalue weighted by molar-refractivity contribution is 7.91. The van der Waals surface area contributed by atoms with Crippen LogP contribution in [-0.2, 0) is 16.4 Å². The van der Waals surface area contributed by atoms with E-state index in [1.807, 2.05) is 6.07 Å². The lowest BCUT2D eigenvalue weighted by Gasteiger charge is -2.12. The molecule has 0 atom stereocenters. The molecule has 2 aromatic carbocycles. The highest BCUT2D eigenvalue weighted by Crippen LogP contribution is 2.31. The first-order valence-corrected chi connectivity index (χ1v) is 10.9. The second-order valence-electron chi connectivity index (χ2n) is 6.68. The molecule has 0 bridgehead atoms. The molecule has 2 aromatic heterocycles. The molecule has 0 spiro atoms. The molecule has 0 aliphatic carbocycles. The molecule has 0 aliphatic rings. The SMILES string of the molecule is O=C(NCc1cn[nH]c1)Nc1ccc(S(=O)(=O)c2ccccc2-c2cccnc2)cc1. The highest BCUT2D eigenvalue weighted by Gasteiger charge is 2.21. The smallest absolute Gasteiger partial charge is 0.319 e. The number of carbonyl (C=O) groups is 1. The summed E-state index contributed by atoms with van der Waals surface area (Å²) in [7, 11) is -3.77. The number of pyridine rings is 1. The van der Waals surface area contributed by atoms with Crippen molar-refractivity contribution in [3.8, 4) is 11.1 Å². The molecule has 9 heteroatoms. The summed E-state index contributed by atoms with van der Waals surface area (Å²) in [4.78, 5) is 16.4. The van der Waals surface area contributed by atoms with E-state index < -0.39 is 15.9 Å². The number of urea groups is 1. The van der Waals surface area contributed by atoms with Gasteiger partial charge in [-0.1, -0.05) is 24.3 Å². The van der Waals surface area contributed by atoms with E-state index in [2.05, 4.69) is 25.8 Å². The van der Waals surface area contributed by atoms with Gasteiger partial charge in [0.2, 0.25) is 9.84 Å². The molecule has 2 amide bonds. The van der Waals surface area contributed by atoms with Crippen molar-refractivity contribution >= 4 is 21.6 Å². The maximum absolute atomic E-state index is 13.3. The normalized spacial score (nSPS) is 11.1. The number of hydrogen-bond donors (Lipinski definition) is 3. The van der Waals surface area contributed by atoms with Crippen molar-refractivity contribution in [1.82, 2.24) is 20.5 Å². The third kappa shape index (κ3) is 4.62. The van der Waals surface area contributed by atoms with Crippen LogP contribution in [0, 0.1) is 0 Å². The molecule has 2 heterocycles. The van der Waals surface area contributed by atoms with Crippen molar-refractivity contribution in [2.45, 2.75) is 16.3 Å². The van der Waals surface area contributed by atoms with Gasteiger partial charge in [-0.2, -0.15) is 5.10 Å². The van der Waals surface area contributed by atoms with Crippen LogP contribution < -0.4 is 10.6 Å². The Hall–Kier alpha value is -3.98. The van der Waals surface area contributed by atoms with Gasteiger partial charge in [-0.05, 0) is 36.4 Å². The number of amides is 2. The summed E-state index contributed by atoms with van der Waals surface area (Å²) in [5, 5.41) is 11.9. The van der Waals surface area contributed by atoms with Crippen molar-refractivity contribution in [1.29, 1.82) is 0 Å². The van der Waals surface area contributed by atoms with Gasteiger partial charge >= 0.3 is 6.03 Å². The van der Waals surface area contributed by atoms with E-state index in [1.165, 1.54) is 12.1 Å². The first-order valence-electron chi connectivity index (χ1n) is 9.41. The van der Waals surface area contributed by atoms with E-state index in [1.54, 1.807) is 67.3 Å². The number of H-pyrrole nitrogens is 1. The van der Waals surface area contributed by atoms with Crippen molar-refractivity contribution in [3.05, 3.63) is 91.0 Å². The van der Waals surface area contributed by atoms with E-state index in [9.17, 15) is 13.2 Å². The number of carbonyl (C=O) groups excluding carboxylic acids is 1. The molecule has 0 radical (unpaired) electrons. The molecule has 0 aliphatic heterocycles. The predicted octanol–water partition coefficient (Wildman–Crippen LogP) is 3.63. The lowest BCUT2D eigenvalue weighted by Crippen LogP contribution is -2.28. The number of rotatable bonds is 6. The maximum Gasteiger partial charge on any atom is 0.319 e. The number of benzene rings is 2. The summed E-state index contributed by atoms with van der Waals surface area (Å²) in [5.41, 5.74) is 2.61. The number of nitrogens with zero attached hydrogens (tertiary/aromatic N) is 2. The Morgan fingerprint density at radius 3 is 2.48 bits per heavy atom. The van der Waals surface area contributed by atoms with Crippen molar-refractivity contribution in [2.24, 2.45) is 0 Å². The van der Waals surface area contributed by atoms with Crippen molar-refractivity contribution in [2.75, 3.05) is 5.32 Å². The molecule has 156 valence electrons. The van der Waals surface area contributed by atoms with Crippen LogP contribution in [-0.4, -0.2) is 29.6 Å². The van der Waals surface area contributed by atoms with Crippen molar-refractivity contribution < 1.29 is 13.2 Å². The van der Waals surface area contributed by atoms with Gasteiger partial charge in [0.15, 0.2) is 0 Å². The zero-order valence-corrected chi connectivity index (χ0v) is 17.1. The lowest BCUT2D eigenvalue weighted by molar-refractivity contribution is 0.251. The zero-order valence-electron chi connectivity index (χ0n) is 16.3. The Labute approximate surface area is 179 Å². The Balaban J connectivity index is 1.52. The average Bonchev–Trinajstić information content (AvgIpc) is 3.32.